The van der Waals surface area contributed by atoms with Gasteiger partial charge in [-0.1, -0.05) is 44.7 Å². The summed E-state index contributed by atoms with van der Waals surface area (Å²) in [6.45, 7) is 6.29. The quantitative estimate of drug-likeness (QED) is 0.231. The number of halogens is 2. The van der Waals surface area contributed by atoms with E-state index in [0.717, 1.165) is 63.5 Å². The number of hydrogen-bond acceptors (Lipinski definition) is 7. The predicted octanol–water partition coefficient (Wildman–Crippen LogP) is 6.64. The first-order valence-corrected chi connectivity index (χ1v) is 13.5. The first kappa shape index (κ1) is 29.6. The van der Waals surface area contributed by atoms with Crippen molar-refractivity contribution < 1.29 is 14.3 Å². The molecule has 9 heteroatoms. The molecule has 204 valence electrons. The number of unbranched alkanes of at least 4 members (excludes halogenated alkanes) is 2. The zero-order valence-corrected chi connectivity index (χ0v) is 23.1. The van der Waals surface area contributed by atoms with Crippen LogP contribution in [0.1, 0.15) is 74.2 Å². The molecular formula is C29H37ClFN5O2. The number of likely N-dealkylation sites (tertiary alicyclic amines) is 1. The van der Waals surface area contributed by atoms with Gasteiger partial charge >= 0.3 is 0 Å². The minimum absolute atomic E-state index is 0.0613. The van der Waals surface area contributed by atoms with Gasteiger partial charge in [0.25, 0.3) is 0 Å². The molecule has 2 N–H and O–H groups in total. The summed E-state index contributed by atoms with van der Waals surface area (Å²) in [5.74, 6) is 0.506. The fourth-order valence-electron chi connectivity index (χ4n) is 4.39. The zero-order valence-electron chi connectivity index (χ0n) is 22.3. The summed E-state index contributed by atoms with van der Waals surface area (Å²) in [4.78, 5) is 26.6. The Morgan fingerprint density at radius 1 is 1.29 bits per heavy atom. The minimum atomic E-state index is -0.452. The monoisotopic (exact) mass is 541 g/mol. The van der Waals surface area contributed by atoms with Crippen LogP contribution in [0.4, 0.5) is 15.9 Å². The Labute approximate surface area is 229 Å². The van der Waals surface area contributed by atoms with Crippen molar-refractivity contribution in [2.45, 2.75) is 64.4 Å². The highest BCUT2D eigenvalue weighted by Crippen LogP contribution is 2.32. The number of benzene rings is 1. The lowest BCUT2D eigenvalue weighted by Crippen LogP contribution is -2.34. The van der Waals surface area contributed by atoms with Gasteiger partial charge in [0, 0.05) is 35.7 Å². The van der Waals surface area contributed by atoms with Crippen LogP contribution < -0.4 is 5.32 Å². The van der Waals surface area contributed by atoms with E-state index >= 15 is 0 Å². The maximum atomic E-state index is 14.4. The van der Waals surface area contributed by atoms with Gasteiger partial charge in [0.1, 0.15) is 11.6 Å². The van der Waals surface area contributed by atoms with Gasteiger partial charge in [0.05, 0.1) is 22.9 Å². The summed E-state index contributed by atoms with van der Waals surface area (Å²) in [5.41, 5.74) is 2.13. The molecule has 0 spiro atoms. The highest BCUT2D eigenvalue weighted by Gasteiger charge is 2.18. The fraction of sp³-hybridized carbons (Fsp3) is 0.448. The molecule has 1 aliphatic rings. The molecule has 2 atom stereocenters. The highest BCUT2D eigenvalue weighted by atomic mass is 35.5. The van der Waals surface area contributed by atoms with Crippen LogP contribution in [-0.4, -0.2) is 57.5 Å². The van der Waals surface area contributed by atoms with E-state index in [4.69, 9.17) is 16.7 Å². The number of piperidine rings is 1. The molecule has 1 aliphatic heterocycles. The van der Waals surface area contributed by atoms with E-state index in [0.29, 0.717) is 22.1 Å². The maximum absolute atomic E-state index is 14.4. The Balaban J connectivity index is 0.000000427. The number of carbonyl (C=O) groups excluding carboxylic acids is 1. The number of nitrogens with one attached hydrogen (secondary N) is 1. The number of rotatable bonds is 9. The summed E-state index contributed by atoms with van der Waals surface area (Å²) >= 11 is 6.04. The number of carbonyl (C=O) groups is 1. The molecule has 3 heterocycles. The van der Waals surface area contributed by atoms with Crippen molar-refractivity contribution in [3.8, 4) is 11.4 Å². The number of hydrogen-bond donors (Lipinski definition) is 2. The van der Waals surface area contributed by atoms with Crippen molar-refractivity contribution in [1.29, 1.82) is 0 Å². The Hall–Kier alpha value is -2.94. The summed E-state index contributed by atoms with van der Waals surface area (Å²) in [6.07, 6.45) is 12.0. The molecule has 7 nitrogen and oxygen atoms in total. The Morgan fingerprint density at radius 2 is 2.11 bits per heavy atom. The van der Waals surface area contributed by atoms with Gasteiger partial charge in [-0.05, 0) is 63.0 Å². The molecule has 0 saturated carbocycles. The van der Waals surface area contributed by atoms with E-state index in [1.807, 2.05) is 7.05 Å². The fourth-order valence-corrected chi connectivity index (χ4v) is 4.56. The van der Waals surface area contributed by atoms with Crippen LogP contribution in [0.2, 0.25) is 5.02 Å². The predicted molar refractivity (Wildman–Crippen MR) is 151 cm³/mol. The van der Waals surface area contributed by atoms with Crippen LogP contribution in [0.3, 0.4) is 0 Å². The molecule has 1 saturated heterocycles. The Bertz CT molecular complexity index is 1190. The topological polar surface area (TPSA) is 91.2 Å². The second kappa shape index (κ2) is 14.9. The van der Waals surface area contributed by atoms with Gasteiger partial charge in [-0.2, -0.15) is 0 Å². The second-order valence-corrected chi connectivity index (χ2v) is 10.2. The number of β-amino-alcohol motifs (C(OH)–C–C–N with tert-alkyl or cyclic N) is 1. The highest BCUT2D eigenvalue weighted by molar-refractivity contribution is 6.30. The standard InChI is InChI=1S/C23H24ClFN4O.C6H13NO/c1-3-4-5-6-15(2)19-13-27-22(18-11-17(24)7-8-20(18)25)29-23(19)28-21-9-10-26-12-16(21)14-30;1-7-4-2-3-6(8)5-7/h7-15H,3-6H2,1-2H3,(H,26,27,28,29);6,8H,2-5H2,1H3. The van der Waals surface area contributed by atoms with Gasteiger partial charge in [0.2, 0.25) is 0 Å². The van der Waals surface area contributed by atoms with Gasteiger partial charge in [-0.15, -0.1) is 0 Å². The van der Waals surface area contributed by atoms with Gasteiger partial charge in [-0.25, -0.2) is 14.4 Å². The molecule has 0 radical (unpaired) electrons. The van der Waals surface area contributed by atoms with E-state index in [9.17, 15) is 9.18 Å². The molecule has 38 heavy (non-hydrogen) atoms. The van der Waals surface area contributed by atoms with Crippen LogP contribution in [0.5, 0.6) is 0 Å². The third-order valence-electron chi connectivity index (χ3n) is 6.59. The van der Waals surface area contributed by atoms with Crippen molar-refractivity contribution in [3.05, 3.63) is 64.8 Å². The number of pyridine rings is 1. The normalized spacial score (nSPS) is 16.3. The number of aromatic nitrogens is 3. The molecule has 3 aromatic rings. The average molecular weight is 542 g/mol. The van der Waals surface area contributed by atoms with Crippen molar-refractivity contribution >= 4 is 29.4 Å². The average Bonchev–Trinajstić information content (AvgIpc) is 2.90. The third-order valence-corrected chi connectivity index (χ3v) is 6.82. The number of aliphatic hydroxyl groups excluding tert-OH is 1. The van der Waals surface area contributed by atoms with Crippen molar-refractivity contribution in [2.75, 3.05) is 25.5 Å². The third kappa shape index (κ3) is 8.55. The summed E-state index contributed by atoms with van der Waals surface area (Å²) in [5, 5.41) is 12.7. The number of aldehydes is 1. The lowest BCUT2D eigenvalue weighted by molar-refractivity contribution is 0.0846. The van der Waals surface area contributed by atoms with Crippen LogP contribution in [0, 0.1) is 5.82 Å². The number of aliphatic hydroxyl groups is 1. The SMILES string of the molecule is CCCCCC(C)c1cnc(-c2cc(Cl)ccc2F)nc1Nc1ccncc1C=O.CN1CCCC(O)C1. The van der Waals surface area contributed by atoms with E-state index < -0.39 is 5.82 Å². The molecular weight excluding hydrogens is 505 g/mol. The second-order valence-electron chi connectivity index (χ2n) is 9.78. The van der Waals surface area contributed by atoms with Gasteiger partial charge in [-0.3, -0.25) is 9.78 Å². The largest absolute Gasteiger partial charge is 0.392 e. The number of nitrogens with zero attached hydrogens (tertiary/aromatic N) is 4. The van der Waals surface area contributed by atoms with Crippen LogP contribution in [-0.2, 0) is 0 Å². The Kier molecular flexibility index (Phi) is 11.6. The lowest BCUT2D eigenvalue weighted by atomic mass is 9.96. The molecule has 1 fully saturated rings. The van der Waals surface area contributed by atoms with Gasteiger partial charge < -0.3 is 15.3 Å². The van der Waals surface area contributed by atoms with Crippen LogP contribution >= 0.6 is 11.6 Å². The smallest absolute Gasteiger partial charge is 0.164 e. The van der Waals surface area contributed by atoms with Crippen molar-refractivity contribution in [3.63, 3.8) is 0 Å². The molecule has 0 bridgehead atoms. The number of likely N-dealkylation sites (N-methyl/N-ethyl adjacent to an activating group) is 1. The van der Waals surface area contributed by atoms with Crippen LogP contribution in [0.25, 0.3) is 11.4 Å². The molecule has 2 unspecified atom stereocenters. The van der Waals surface area contributed by atoms with Crippen LogP contribution in [0.15, 0.2) is 42.9 Å². The van der Waals surface area contributed by atoms with Gasteiger partial charge in [0.15, 0.2) is 12.1 Å². The first-order valence-electron chi connectivity index (χ1n) is 13.2. The number of anilines is 2. The first-order chi connectivity index (χ1) is 18.3. The molecule has 4 rings (SSSR count). The Morgan fingerprint density at radius 3 is 2.79 bits per heavy atom. The molecule has 0 aliphatic carbocycles. The van der Waals surface area contributed by atoms with E-state index in [-0.39, 0.29) is 23.4 Å². The zero-order chi connectivity index (χ0) is 27.5. The van der Waals surface area contributed by atoms with Crippen molar-refractivity contribution in [1.82, 2.24) is 19.9 Å². The van der Waals surface area contributed by atoms with Crippen molar-refractivity contribution in [2.24, 2.45) is 0 Å². The van der Waals surface area contributed by atoms with E-state index in [1.54, 1.807) is 18.5 Å². The summed E-state index contributed by atoms with van der Waals surface area (Å²) < 4.78 is 14.4. The minimum Gasteiger partial charge on any atom is -0.392 e. The summed E-state index contributed by atoms with van der Waals surface area (Å²) in [7, 11) is 2.04. The molecule has 2 aromatic heterocycles. The molecule has 0 amide bonds. The van der Waals surface area contributed by atoms with E-state index in [1.165, 1.54) is 24.4 Å². The van der Waals surface area contributed by atoms with E-state index in [2.05, 4.69) is 39.0 Å². The maximum Gasteiger partial charge on any atom is 0.164 e. The summed E-state index contributed by atoms with van der Waals surface area (Å²) in [6, 6.07) is 5.99. The lowest BCUT2D eigenvalue weighted by Gasteiger charge is -2.25. The molecule has 1 aromatic carbocycles.